The Kier molecular flexibility index (Phi) is 6.56. The lowest BCUT2D eigenvalue weighted by Gasteiger charge is -2.14. The summed E-state index contributed by atoms with van der Waals surface area (Å²) in [6.07, 6.45) is 6.12. The molecule has 1 N–H and O–H groups in total. The van der Waals surface area contributed by atoms with E-state index in [1.54, 1.807) is 0 Å². The number of para-hydroxylation sites is 1. The molecule has 0 spiro atoms. The van der Waals surface area contributed by atoms with Crippen LogP contribution >= 0.6 is 0 Å². The van der Waals surface area contributed by atoms with Crippen LogP contribution in [0.4, 0.5) is 0 Å². The highest BCUT2D eigenvalue weighted by Crippen LogP contribution is 2.21. The Morgan fingerprint density at radius 2 is 2.10 bits per heavy atom. The summed E-state index contributed by atoms with van der Waals surface area (Å²) in [5.41, 5.74) is 4.86. The van der Waals surface area contributed by atoms with E-state index in [1.165, 1.54) is 10.9 Å². The largest absolute Gasteiger partial charge is 0.457 e. The fourth-order valence-electron chi connectivity index (χ4n) is 4.41. The van der Waals surface area contributed by atoms with Crippen molar-refractivity contribution in [2.45, 2.75) is 58.6 Å². The van der Waals surface area contributed by atoms with Crippen LogP contribution in [-0.4, -0.2) is 40.6 Å². The second-order valence-electron chi connectivity index (χ2n) is 8.33. The number of hydrogen-bond acceptors (Lipinski definition) is 4. The molecule has 1 atom stereocenters. The molecule has 31 heavy (non-hydrogen) atoms. The molecule has 1 aliphatic rings. The van der Waals surface area contributed by atoms with Crippen LogP contribution in [0.5, 0.6) is 0 Å². The summed E-state index contributed by atoms with van der Waals surface area (Å²) < 4.78 is 13.1. The molecule has 4 rings (SSSR count). The van der Waals surface area contributed by atoms with E-state index >= 15 is 0 Å². The van der Waals surface area contributed by atoms with Crippen LogP contribution in [0.25, 0.3) is 10.9 Å². The number of carbonyl (C=O) groups excluding carboxylic acids is 2. The van der Waals surface area contributed by atoms with E-state index in [2.05, 4.69) is 15.6 Å². The van der Waals surface area contributed by atoms with Crippen LogP contribution in [0.1, 0.15) is 53.0 Å². The minimum absolute atomic E-state index is 0.156. The van der Waals surface area contributed by atoms with Crippen molar-refractivity contribution in [2.75, 3.05) is 13.2 Å². The molecular weight excluding hydrogens is 392 g/mol. The van der Waals surface area contributed by atoms with Crippen LogP contribution in [0, 0.1) is 13.8 Å². The van der Waals surface area contributed by atoms with Crippen LogP contribution in [0.2, 0.25) is 0 Å². The highest BCUT2D eigenvalue weighted by atomic mass is 16.5. The molecule has 1 aromatic carbocycles. The summed E-state index contributed by atoms with van der Waals surface area (Å²) in [4.78, 5) is 28.1. The van der Waals surface area contributed by atoms with Crippen molar-refractivity contribution in [2.24, 2.45) is 0 Å². The molecule has 0 radical (unpaired) electrons. The number of ketones is 1. The first kappa shape index (κ1) is 21.4. The number of esters is 1. The first-order valence-corrected chi connectivity index (χ1v) is 11.0. The maximum Gasteiger partial charge on any atom is 0.306 e. The van der Waals surface area contributed by atoms with Gasteiger partial charge < -0.3 is 19.0 Å². The smallest absolute Gasteiger partial charge is 0.306 e. The number of H-pyrrole nitrogens is 1. The Hall–Kier alpha value is -2.86. The van der Waals surface area contributed by atoms with E-state index in [0.717, 1.165) is 49.3 Å². The lowest BCUT2D eigenvalue weighted by Crippen LogP contribution is -2.18. The van der Waals surface area contributed by atoms with E-state index in [9.17, 15) is 9.59 Å². The Bertz CT molecular complexity index is 1070. The third-order valence-corrected chi connectivity index (χ3v) is 6.15. The number of aromatic amines is 1. The van der Waals surface area contributed by atoms with E-state index in [-0.39, 0.29) is 24.5 Å². The molecule has 6 nitrogen and oxygen atoms in total. The fourth-order valence-corrected chi connectivity index (χ4v) is 4.41. The number of Topliss-reactive ketones (excluding diaryl/α,β-unsaturated/α-hetero) is 1. The molecule has 0 unspecified atom stereocenters. The molecule has 6 heteroatoms. The van der Waals surface area contributed by atoms with Gasteiger partial charge in [0.25, 0.3) is 0 Å². The Balaban J connectivity index is 1.26. The molecule has 1 aliphatic heterocycles. The maximum absolute atomic E-state index is 12.7. The highest BCUT2D eigenvalue weighted by Gasteiger charge is 2.21. The van der Waals surface area contributed by atoms with Gasteiger partial charge in [-0.05, 0) is 57.2 Å². The second kappa shape index (κ2) is 9.52. The van der Waals surface area contributed by atoms with Crippen molar-refractivity contribution in [3.63, 3.8) is 0 Å². The summed E-state index contributed by atoms with van der Waals surface area (Å²) in [7, 11) is 0. The summed E-state index contributed by atoms with van der Waals surface area (Å²) in [6, 6.07) is 10.0. The predicted octanol–water partition coefficient (Wildman–Crippen LogP) is 4.51. The number of rotatable bonds is 9. The molecular formula is C25H30N2O4. The van der Waals surface area contributed by atoms with Gasteiger partial charge >= 0.3 is 5.97 Å². The zero-order chi connectivity index (χ0) is 21.8. The topological polar surface area (TPSA) is 73.3 Å². The first-order chi connectivity index (χ1) is 15.0. The van der Waals surface area contributed by atoms with Gasteiger partial charge in [-0.3, -0.25) is 9.59 Å². The molecule has 0 aliphatic carbocycles. The van der Waals surface area contributed by atoms with Crippen molar-refractivity contribution in [3.8, 4) is 0 Å². The van der Waals surface area contributed by atoms with E-state index in [0.29, 0.717) is 18.4 Å². The van der Waals surface area contributed by atoms with Gasteiger partial charge in [0.1, 0.15) is 0 Å². The molecule has 3 heterocycles. The average Bonchev–Trinajstić information content (AvgIpc) is 3.49. The van der Waals surface area contributed by atoms with E-state index in [4.69, 9.17) is 9.47 Å². The Labute approximate surface area is 182 Å². The fraction of sp³-hybridized carbons (Fsp3) is 0.440. The molecule has 2 aromatic heterocycles. The average molecular weight is 423 g/mol. The normalized spacial score (nSPS) is 16.1. The standard InChI is InChI=1S/C25H30N2O4/c1-17-13-22(18(2)27(17)15-20-8-6-12-30-20)24(28)16-31-25(29)11-5-7-19-14-26-23-10-4-3-9-21(19)23/h3-4,9-10,13-14,20,26H,5-8,11-12,15-16H2,1-2H3/t20-/m1/s1. The van der Waals surface area contributed by atoms with Crippen molar-refractivity contribution < 1.29 is 19.1 Å². The number of carbonyl (C=O) groups is 2. The maximum atomic E-state index is 12.7. The quantitative estimate of drug-likeness (QED) is 0.407. The minimum atomic E-state index is -0.332. The van der Waals surface area contributed by atoms with Crippen LogP contribution < -0.4 is 0 Å². The lowest BCUT2D eigenvalue weighted by molar-refractivity contribution is -0.142. The zero-order valence-corrected chi connectivity index (χ0v) is 18.3. The SMILES string of the molecule is Cc1cc(C(=O)COC(=O)CCCc2c[nH]c3ccccc23)c(C)n1C[C@H]1CCCO1. The predicted molar refractivity (Wildman–Crippen MR) is 119 cm³/mol. The molecule has 0 saturated carbocycles. The van der Waals surface area contributed by atoms with Gasteiger partial charge in [-0.15, -0.1) is 0 Å². The van der Waals surface area contributed by atoms with Gasteiger partial charge in [0.2, 0.25) is 5.78 Å². The number of aryl methyl sites for hydroxylation is 2. The zero-order valence-electron chi connectivity index (χ0n) is 18.3. The number of benzene rings is 1. The molecule has 0 bridgehead atoms. The number of nitrogens with zero attached hydrogens (tertiary/aromatic N) is 1. The van der Waals surface area contributed by atoms with Gasteiger partial charge in [0.15, 0.2) is 6.61 Å². The third-order valence-electron chi connectivity index (χ3n) is 6.15. The minimum Gasteiger partial charge on any atom is -0.457 e. The summed E-state index contributed by atoms with van der Waals surface area (Å²) in [5.74, 6) is -0.488. The molecule has 1 fully saturated rings. The van der Waals surface area contributed by atoms with Gasteiger partial charge in [0, 0.05) is 53.6 Å². The Morgan fingerprint density at radius 1 is 1.26 bits per heavy atom. The molecule has 1 saturated heterocycles. The van der Waals surface area contributed by atoms with Gasteiger partial charge in [-0.25, -0.2) is 0 Å². The van der Waals surface area contributed by atoms with Crippen LogP contribution in [0.3, 0.4) is 0 Å². The molecule has 164 valence electrons. The van der Waals surface area contributed by atoms with Crippen molar-refractivity contribution in [3.05, 3.63) is 59.0 Å². The Morgan fingerprint density at radius 3 is 2.90 bits per heavy atom. The number of hydrogen-bond donors (Lipinski definition) is 1. The van der Waals surface area contributed by atoms with Crippen molar-refractivity contribution >= 4 is 22.7 Å². The summed E-state index contributed by atoms with van der Waals surface area (Å²) in [5, 5.41) is 1.18. The second-order valence-corrected chi connectivity index (χ2v) is 8.33. The van der Waals surface area contributed by atoms with Gasteiger partial charge in [0.05, 0.1) is 6.10 Å². The lowest BCUT2D eigenvalue weighted by atomic mass is 10.1. The number of ether oxygens (including phenoxy) is 2. The summed E-state index contributed by atoms with van der Waals surface area (Å²) in [6.45, 7) is 5.30. The van der Waals surface area contributed by atoms with Crippen LogP contribution in [0.15, 0.2) is 36.5 Å². The van der Waals surface area contributed by atoms with E-state index in [1.807, 2.05) is 44.3 Å². The first-order valence-electron chi connectivity index (χ1n) is 11.0. The van der Waals surface area contributed by atoms with Crippen molar-refractivity contribution in [1.29, 1.82) is 0 Å². The van der Waals surface area contributed by atoms with Gasteiger partial charge in [-0.1, -0.05) is 18.2 Å². The number of nitrogens with one attached hydrogen (secondary N) is 1. The monoisotopic (exact) mass is 422 g/mol. The molecule has 3 aromatic rings. The number of fused-ring (bicyclic) bond motifs is 1. The van der Waals surface area contributed by atoms with Crippen LogP contribution in [-0.2, 0) is 27.2 Å². The van der Waals surface area contributed by atoms with Crippen molar-refractivity contribution in [1.82, 2.24) is 9.55 Å². The third kappa shape index (κ3) is 4.90. The van der Waals surface area contributed by atoms with Gasteiger partial charge in [-0.2, -0.15) is 0 Å². The highest BCUT2D eigenvalue weighted by molar-refractivity contribution is 5.99. The number of aromatic nitrogens is 2. The van der Waals surface area contributed by atoms with E-state index < -0.39 is 0 Å². The molecule has 0 amide bonds. The summed E-state index contributed by atoms with van der Waals surface area (Å²) >= 11 is 0.